The minimum atomic E-state index is -0.672. The fourth-order valence-electron chi connectivity index (χ4n) is 0.933. The first-order chi connectivity index (χ1) is 7.13. The predicted octanol–water partition coefficient (Wildman–Crippen LogP) is 1.88. The molecule has 4 nitrogen and oxygen atoms in total. The zero-order valence-corrected chi connectivity index (χ0v) is 14.1. The molecule has 0 saturated heterocycles. The molecular formula is C9H11BrClNO3Ta. The number of hydrogen-bond acceptors (Lipinski definition) is 4. The average Bonchev–Trinajstić information content (AvgIpc) is 2.17. The third-order valence-electron chi connectivity index (χ3n) is 1.57. The van der Waals surface area contributed by atoms with Crippen LogP contribution in [0, 0.1) is 0 Å². The molecule has 0 saturated carbocycles. The zero-order chi connectivity index (χ0) is 11.3. The largest absolute Gasteiger partial charge is 0.488 e. The van der Waals surface area contributed by atoms with Crippen molar-refractivity contribution >= 4 is 27.5 Å². The molecule has 0 bridgehead atoms. The van der Waals surface area contributed by atoms with Gasteiger partial charge in [-0.3, -0.25) is 0 Å². The van der Waals surface area contributed by atoms with Gasteiger partial charge in [-0.1, -0.05) is 11.6 Å². The SMILES string of the molecule is COCC(O)COc1ccc(Br)nc1Cl.[Ta]. The Morgan fingerprint density at radius 2 is 2.19 bits per heavy atom. The number of pyridine rings is 1. The van der Waals surface area contributed by atoms with E-state index < -0.39 is 6.10 Å². The van der Waals surface area contributed by atoms with Crippen molar-refractivity contribution in [2.45, 2.75) is 6.10 Å². The summed E-state index contributed by atoms with van der Waals surface area (Å²) in [6.07, 6.45) is -0.672. The molecule has 7 heteroatoms. The molecule has 0 aliphatic rings. The summed E-state index contributed by atoms with van der Waals surface area (Å²) in [6, 6.07) is 3.39. The van der Waals surface area contributed by atoms with Crippen LogP contribution >= 0.6 is 27.5 Å². The molecular weight excluding hydrogens is 466 g/mol. The summed E-state index contributed by atoms with van der Waals surface area (Å²) >= 11 is 8.99. The van der Waals surface area contributed by atoms with Crippen molar-refractivity contribution in [2.24, 2.45) is 0 Å². The maximum atomic E-state index is 9.33. The monoisotopic (exact) mass is 476 g/mol. The topological polar surface area (TPSA) is 51.6 Å². The Bertz CT molecular complexity index is 330. The van der Waals surface area contributed by atoms with Crippen LogP contribution in [0.5, 0.6) is 5.75 Å². The zero-order valence-electron chi connectivity index (χ0n) is 8.56. The van der Waals surface area contributed by atoms with Gasteiger partial charge in [0.2, 0.25) is 0 Å². The van der Waals surface area contributed by atoms with Crippen LogP contribution in [0.2, 0.25) is 5.15 Å². The standard InChI is InChI=1S/C9H11BrClNO3.Ta/c1-14-4-6(13)5-15-7-2-3-8(10)12-9(7)11;/h2-3,6,13H,4-5H2,1H3;. The van der Waals surface area contributed by atoms with E-state index in [1.165, 1.54) is 7.11 Å². The number of methoxy groups -OCH3 is 1. The van der Waals surface area contributed by atoms with Gasteiger partial charge in [-0.2, -0.15) is 0 Å². The molecule has 0 amide bonds. The van der Waals surface area contributed by atoms with Crippen LogP contribution < -0.4 is 4.74 Å². The second-order valence-corrected chi connectivity index (χ2v) is 4.01. The van der Waals surface area contributed by atoms with Crippen molar-refractivity contribution < 1.29 is 37.0 Å². The van der Waals surface area contributed by atoms with Crippen molar-refractivity contribution in [3.63, 3.8) is 0 Å². The number of rotatable bonds is 5. The maximum absolute atomic E-state index is 9.33. The molecule has 1 radical (unpaired) electrons. The number of aliphatic hydroxyl groups excluding tert-OH is 1. The molecule has 1 aromatic heterocycles. The number of ether oxygens (including phenoxy) is 2. The summed E-state index contributed by atoms with van der Waals surface area (Å²) in [5.74, 6) is 0.440. The van der Waals surface area contributed by atoms with Crippen LogP contribution in [0.3, 0.4) is 0 Å². The van der Waals surface area contributed by atoms with Crippen LogP contribution in [0.4, 0.5) is 0 Å². The molecule has 1 aromatic rings. The number of aliphatic hydroxyl groups is 1. The molecule has 1 N–H and O–H groups in total. The Balaban J connectivity index is 0.00000225. The first kappa shape index (κ1) is 16.4. The Morgan fingerprint density at radius 3 is 2.75 bits per heavy atom. The third-order valence-corrected chi connectivity index (χ3v) is 2.28. The van der Waals surface area contributed by atoms with Gasteiger partial charge in [0.1, 0.15) is 17.3 Å². The number of nitrogens with zero attached hydrogens (tertiary/aromatic N) is 1. The third kappa shape index (κ3) is 5.63. The quantitative estimate of drug-likeness (QED) is 0.659. The van der Waals surface area contributed by atoms with E-state index in [0.717, 1.165) is 0 Å². The first-order valence-corrected chi connectivity index (χ1v) is 5.42. The minimum Gasteiger partial charge on any atom is -0.488 e. The Morgan fingerprint density at radius 1 is 1.50 bits per heavy atom. The van der Waals surface area contributed by atoms with Crippen LogP contribution in [-0.4, -0.2) is 36.5 Å². The van der Waals surface area contributed by atoms with Crippen molar-refractivity contribution in [1.29, 1.82) is 0 Å². The van der Waals surface area contributed by atoms with Crippen molar-refractivity contribution in [2.75, 3.05) is 20.3 Å². The van der Waals surface area contributed by atoms with E-state index in [-0.39, 0.29) is 40.7 Å². The van der Waals surface area contributed by atoms with E-state index in [1.807, 2.05) is 0 Å². The number of hydrogen-bond donors (Lipinski definition) is 1. The summed E-state index contributed by atoms with van der Waals surface area (Å²) in [6.45, 7) is 0.346. The second-order valence-electron chi connectivity index (χ2n) is 2.84. The average molecular weight is 477 g/mol. The molecule has 0 aliphatic heterocycles. The predicted molar refractivity (Wildman–Crippen MR) is 60.3 cm³/mol. The fourth-order valence-corrected chi connectivity index (χ4v) is 1.55. The molecule has 0 fully saturated rings. The molecule has 1 heterocycles. The van der Waals surface area contributed by atoms with Crippen molar-refractivity contribution in [1.82, 2.24) is 4.98 Å². The molecule has 16 heavy (non-hydrogen) atoms. The van der Waals surface area contributed by atoms with Crippen LogP contribution in [-0.2, 0) is 27.1 Å². The molecule has 0 aliphatic carbocycles. The van der Waals surface area contributed by atoms with Gasteiger partial charge in [-0.25, -0.2) is 4.98 Å². The van der Waals surface area contributed by atoms with E-state index in [1.54, 1.807) is 12.1 Å². The van der Waals surface area contributed by atoms with Crippen LogP contribution in [0.15, 0.2) is 16.7 Å². The van der Waals surface area contributed by atoms with Gasteiger partial charge < -0.3 is 14.6 Å². The molecule has 1 unspecified atom stereocenters. The van der Waals surface area contributed by atoms with Gasteiger partial charge in [0.25, 0.3) is 0 Å². The van der Waals surface area contributed by atoms with Gasteiger partial charge >= 0.3 is 0 Å². The van der Waals surface area contributed by atoms with Gasteiger partial charge in [0, 0.05) is 29.5 Å². The molecule has 1 atom stereocenters. The van der Waals surface area contributed by atoms with Crippen LogP contribution in [0.1, 0.15) is 0 Å². The fraction of sp³-hybridized carbons (Fsp3) is 0.444. The van der Waals surface area contributed by atoms with Gasteiger partial charge in [0.05, 0.1) is 6.61 Å². The summed E-state index contributed by atoms with van der Waals surface area (Å²) in [5, 5.41) is 9.59. The van der Waals surface area contributed by atoms with Crippen molar-refractivity contribution in [3.8, 4) is 5.75 Å². The van der Waals surface area contributed by atoms with E-state index in [0.29, 0.717) is 10.4 Å². The van der Waals surface area contributed by atoms with E-state index in [9.17, 15) is 5.11 Å². The van der Waals surface area contributed by atoms with Crippen LogP contribution in [0.25, 0.3) is 0 Å². The van der Waals surface area contributed by atoms with Gasteiger partial charge in [-0.15, -0.1) is 0 Å². The smallest absolute Gasteiger partial charge is 0.172 e. The maximum Gasteiger partial charge on any atom is 0.172 e. The summed E-state index contributed by atoms with van der Waals surface area (Å²) in [4.78, 5) is 3.94. The molecule has 0 spiro atoms. The number of aromatic nitrogens is 1. The molecule has 0 aromatic carbocycles. The number of halogens is 2. The normalized spacial score (nSPS) is 11.8. The van der Waals surface area contributed by atoms with E-state index in [4.69, 9.17) is 21.1 Å². The Labute approximate surface area is 123 Å². The van der Waals surface area contributed by atoms with Gasteiger partial charge in [0.15, 0.2) is 10.9 Å². The molecule has 1 rings (SSSR count). The Hall–Kier alpha value is 0.380. The second kappa shape index (κ2) is 8.47. The van der Waals surface area contributed by atoms with Crippen molar-refractivity contribution in [3.05, 3.63) is 21.9 Å². The minimum absolute atomic E-state index is 0. The summed E-state index contributed by atoms with van der Waals surface area (Å²) in [7, 11) is 1.51. The Kier molecular flexibility index (Phi) is 8.67. The van der Waals surface area contributed by atoms with Gasteiger partial charge in [-0.05, 0) is 28.1 Å². The van der Waals surface area contributed by atoms with E-state index in [2.05, 4.69) is 20.9 Å². The summed E-state index contributed by atoms with van der Waals surface area (Å²) in [5.41, 5.74) is 0. The first-order valence-electron chi connectivity index (χ1n) is 4.25. The van der Waals surface area contributed by atoms with E-state index >= 15 is 0 Å². The molecule has 89 valence electrons. The summed E-state index contributed by atoms with van der Waals surface area (Å²) < 4.78 is 10.7.